The zero-order valence-electron chi connectivity index (χ0n) is 20.1. The lowest BCUT2D eigenvalue weighted by molar-refractivity contribution is -0.117. The Morgan fingerprint density at radius 2 is 2.06 bits per heavy atom. The zero-order valence-corrected chi connectivity index (χ0v) is 20.1. The fourth-order valence-corrected chi connectivity index (χ4v) is 4.11. The lowest BCUT2D eigenvalue weighted by Gasteiger charge is -2.19. The van der Waals surface area contributed by atoms with Crippen LogP contribution in [0, 0.1) is 16.7 Å². The summed E-state index contributed by atoms with van der Waals surface area (Å²) in [5, 5.41) is 15.5. The number of nitrogens with zero attached hydrogens (tertiary/aromatic N) is 5. The van der Waals surface area contributed by atoms with Crippen molar-refractivity contribution in [3.05, 3.63) is 63.1 Å². The van der Waals surface area contributed by atoms with Crippen molar-refractivity contribution in [2.24, 2.45) is 12.5 Å². The van der Waals surface area contributed by atoms with Gasteiger partial charge in [-0.15, -0.1) is 0 Å². The van der Waals surface area contributed by atoms with E-state index in [4.69, 9.17) is 14.8 Å². The van der Waals surface area contributed by atoms with Crippen LogP contribution in [0.1, 0.15) is 57.5 Å². The Bertz CT molecular complexity index is 1440. The summed E-state index contributed by atoms with van der Waals surface area (Å²) in [4.78, 5) is 30.5. The molecule has 4 rings (SSSR count). The topological polar surface area (TPSA) is 119 Å². The Hall–Kier alpha value is -3.93. The molecule has 0 saturated heterocycles. The quantitative estimate of drug-likeness (QED) is 0.623. The molecule has 9 nitrogen and oxygen atoms in total. The molecule has 0 unspecified atom stereocenters. The van der Waals surface area contributed by atoms with Gasteiger partial charge in [-0.1, -0.05) is 31.5 Å². The van der Waals surface area contributed by atoms with Crippen molar-refractivity contribution in [3.63, 3.8) is 0 Å². The molecule has 1 amide bonds. The van der Waals surface area contributed by atoms with Gasteiger partial charge in [0.15, 0.2) is 11.3 Å². The molecule has 34 heavy (non-hydrogen) atoms. The predicted molar refractivity (Wildman–Crippen MR) is 127 cm³/mol. The van der Waals surface area contributed by atoms with Crippen LogP contribution in [0.2, 0.25) is 0 Å². The first kappa shape index (κ1) is 23.2. The van der Waals surface area contributed by atoms with Gasteiger partial charge in [-0.25, -0.2) is 9.78 Å². The third-order valence-corrected chi connectivity index (χ3v) is 5.92. The van der Waals surface area contributed by atoms with Crippen LogP contribution in [-0.4, -0.2) is 25.2 Å². The van der Waals surface area contributed by atoms with Crippen LogP contribution in [-0.2, 0) is 24.9 Å². The second-order valence-corrected chi connectivity index (χ2v) is 9.87. The molecule has 176 valence electrons. The maximum atomic E-state index is 12.9. The molecule has 3 heterocycles. The molecule has 9 heteroatoms. The molecule has 3 aromatic heterocycles. The van der Waals surface area contributed by atoms with Crippen LogP contribution in [0.25, 0.3) is 16.7 Å². The number of hydrogen-bond donors (Lipinski definition) is 1. The van der Waals surface area contributed by atoms with E-state index < -0.39 is 0 Å². The molecule has 0 radical (unpaired) electrons. The van der Waals surface area contributed by atoms with Gasteiger partial charge >= 0.3 is 5.69 Å². The van der Waals surface area contributed by atoms with Crippen molar-refractivity contribution in [1.82, 2.24) is 24.6 Å². The number of fused-ring (bicyclic) bond motifs is 1. The second kappa shape index (κ2) is 8.78. The minimum atomic E-state index is -0.208. The summed E-state index contributed by atoms with van der Waals surface area (Å²) < 4.78 is 8.15. The summed E-state index contributed by atoms with van der Waals surface area (Å²) in [7, 11) is 1.73. The van der Waals surface area contributed by atoms with Crippen molar-refractivity contribution < 1.29 is 9.32 Å². The zero-order chi connectivity index (χ0) is 24.6. The average molecular weight is 461 g/mol. The van der Waals surface area contributed by atoms with Crippen LogP contribution in [0.5, 0.6) is 0 Å². The van der Waals surface area contributed by atoms with E-state index in [9.17, 15) is 9.59 Å². The molecule has 0 aliphatic heterocycles. The molecule has 0 atom stereocenters. The molecule has 0 spiro atoms. The summed E-state index contributed by atoms with van der Waals surface area (Å²) in [5.74, 6) is -0.208. The molecule has 1 aliphatic rings. The number of pyridine rings is 1. The van der Waals surface area contributed by atoms with Crippen molar-refractivity contribution in [3.8, 4) is 6.07 Å². The summed E-state index contributed by atoms with van der Waals surface area (Å²) in [6.45, 7) is 9.07. The van der Waals surface area contributed by atoms with Crippen molar-refractivity contribution in [1.29, 1.82) is 5.26 Å². The summed E-state index contributed by atoms with van der Waals surface area (Å²) in [6, 6.07) is 5.78. The Balaban J connectivity index is 1.63. The van der Waals surface area contributed by atoms with Gasteiger partial charge in [0.05, 0.1) is 11.2 Å². The fraction of sp³-hybridized carbons (Fsp3) is 0.400. The average Bonchev–Trinajstić information content (AvgIpc) is 3.35. The standard InChI is InChI=1S/C25H28N6O3/c1-15-6-7-16(23(32)27-12-17-13-34-29-20(17)11-26)10-18(15)19-8-9-21-22(28-19)30(5)24(33)31(21)14-25(2,3)4/h8-10,13H,6-7,12,14H2,1-5H3,(H,27,32). The monoisotopic (exact) mass is 460 g/mol. The number of aryl methyl sites for hydroxylation is 1. The number of amides is 1. The van der Waals surface area contributed by atoms with E-state index in [0.717, 1.165) is 28.8 Å². The Morgan fingerprint density at radius 1 is 1.29 bits per heavy atom. The van der Waals surface area contributed by atoms with E-state index in [1.165, 1.54) is 6.26 Å². The van der Waals surface area contributed by atoms with E-state index >= 15 is 0 Å². The minimum Gasteiger partial charge on any atom is -0.363 e. The number of nitrogens with one attached hydrogen (secondary N) is 1. The highest BCUT2D eigenvalue weighted by Gasteiger charge is 2.22. The second-order valence-electron chi connectivity index (χ2n) is 9.87. The summed E-state index contributed by atoms with van der Waals surface area (Å²) in [5.41, 5.74) is 5.35. The van der Waals surface area contributed by atoms with Gasteiger partial charge in [0.1, 0.15) is 12.3 Å². The molecule has 0 fully saturated rings. The SMILES string of the molecule is CC1=C(c2ccc3c(n2)n(C)c(=O)n3CC(C)(C)C)C=C(C(=O)NCc2conc2C#N)CC1. The van der Waals surface area contributed by atoms with Gasteiger partial charge in [0, 0.05) is 31.3 Å². The smallest absolute Gasteiger partial charge is 0.330 e. The molecular formula is C25H28N6O3. The lowest BCUT2D eigenvalue weighted by atomic mass is 9.90. The lowest BCUT2D eigenvalue weighted by Crippen LogP contribution is -2.27. The number of rotatable bonds is 5. The van der Waals surface area contributed by atoms with Crippen LogP contribution >= 0.6 is 0 Å². The van der Waals surface area contributed by atoms with Crippen molar-refractivity contribution >= 4 is 22.6 Å². The normalized spacial score (nSPS) is 14.3. The number of carbonyl (C=O) groups is 1. The Morgan fingerprint density at radius 3 is 2.76 bits per heavy atom. The molecule has 0 aromatic carbocycles. The number of carbonyl (C=O) groups excluding carboxylic acids is 1. The first-order valence-electron chi connectivity index (χ1n) is 11.2. The van der Waals surface area contributed by atoms with Gasteiger partial charge in [-0.3, -0.25) is 13.9 Å². The van der Waals surface area contributed by atoms with Gasteiger partial charge in [0.2, 0.25) is 5.91 Å². The minimum absolute atomic E-state index is 0.0508. The molecule has 0 saturated carbocycles. The fourth-order valence-electron chi connectivity index (χ4n) is 4.11. The van der Waals surface area contributed by atoms with Gasteiger partial charge in [-0.05, 0) is 49.0 Å². The van der Waals surface area contributed by atoms with Crippen molar-refractivity contribution in [2.45, 2.75) is 53.6 Å². The molecular weight excluding hydrogens is 432 g/mol. The Labute approximate surface area is 197 Å². The molecule has 0 bridgehead atoms. The van der Waals surface area contributed by atoms with Gasteiger partial charge < -0.3 is 9.84 Å². The molecule has 1 aliphatic carbocycles. The number of hydrogen-bond acceptors (Lipinski definition) is 6. The van der Waals surface area contributed by atoms with E-state index in [-0.39, 0.29) is 29.3 Å². The van der Waals surface area contributed by atoms with E-state index in [0.29, 0.717) is 29.7 Å². The number of allylic oxidation sites excluding steroid dienone is 3. The Kier molecular flexibility index (Phi) is 6.00. The molecule has 3 aromatic rings. The number of nitriles is 1. The van der Waals surface area contributed by atoms with E-state index in [1.54, 1.807) is 16.2 Å². The highest BCUT2D eigenvalue weighted by molar-refractivity contribution is 5.97. The predicted octanol–water partition coefficient (Wildman–Crippen LogP) is 3.45. The first-order valence-corrected chi connectivity index (χ1v) is 11.2. The van der Waals surface area contributed by atoms with Crippen LogP contribution < -0.4 is 11.0 Å². The van der Waals surface area contributed by atoms with Crippen LogP contribution in [0.3, 0.4) is 0 Å². The third kappa shape index (κ3) is 4.44. The highest BCUT2D eigenvalue weighted by Crippen LogP contribution is 2.31. The van der Waals surface area contributed by atoms with Gasteiger partial charge in [0.25, 0.3) is 0 Å². The number of aromatic nitrogens is 4. The first-order chi connectivity index (χ1) is 16.1. The van der Waals surface area contributed by atoms with Crippen molar-refractivity contribution in [2.75, 3.05) is 0 Å². The van der Waals surface area contributed by atoms with Gasteiger partial charge in [-0.2, -0.15) is 5.26 Å². The maximum Gasteiger partial charge on any atom is 0.330 e. The van der Waals surface area contributed by atoms with Crippen LogP contribution in [0.15, 0.2) is 44.9 Å². The summed E-state index contributed by atoms with van der Waals surface area (Å²) >= 11 is 0. The largest absolute Gasteiger partial charge is 0.363 e. The highest BCUT2D eigenvalue weighted by atomic mass is 16.5. The van der Waals surface area contributed by atoms with E-state index in [2.05, 4.69) is 31.2 Å². The number of imidazole rings is 1. The summed E-state index contributed by atoms with van der Waals surface area (Å²) in [6.07, 6.45) is 4.57. The van der Waals surface area contributed by atoms with E-state index in [1.807, 2.05) is 31.2 Å². The third-order valence-electron chi connectivity index (χ3n) is 5.92. The van der Waals surface area contributed by atoms with Crippen LogP contribution in [0.4, 0.5) is 0 Å². The molecule has 1 N–H and O–H groups in total. The maximum absolute atomic E-state index is 12.9.